The molecule has 0 bridgehead atoms. The summed E-state index contributed by atoms with van der Waals surface area (Å²) in [5.41, 5.74) is 0.743. The van der Waals surface area contributed by atoms with Gasteiger partial charge >= 0.3 is 0 Å². The Morgan fingerprint density at radius 1 is 1.44 bits per heavy atom. The molecule has 0 radical (unpaired) electrons. The molecule has 0 N–H and O–H groups in total. The Balaban J connectivity index is 2.69. The van der Waals surface area contributed by atoms with Crippen molar-refractivity contribution in [3.8, 4) is 5.75 Å². The van der Waals surface area contributed by atoms with Gasteiger partial charge in [-0.1, -0.05) is 12.1 Å². The fourth-order valence-corrected chi connectivity index (χ4v) is 1.74. The van der Waals surface area contributed by atoms with E-state index in [1.807, 2.05) is 44.4 Å². The zero-order valence-electron chi connectivity index (χ0n) is 10.0. The molecule has 0 aliphatic heterocycles. The number of benzene rings is 1. The van der Waals surface area contributed by atoms with Crippen LogP contribution in [0.1, 0.15) is 30.6 Å². The van der Waals surface area contributed by atoms with E-state index in [2.05, 4.69) is 0 Å². The van der Waals surface area contributed by atoms with E-state index < -0.39 is 0 Å². The highest BCUT2D eigenvalue weighted by Gasteiger charge is 2.06. The zero-order valence-corrected chi connectivity index (χ0v) is 10.8. The molecule has 0 amide bonds. The summed E-state index contributed by atoms with van der Waals surface area (Å²) in [7, 11) is 0. The van der Waals surface area contributed by atoms with Crippen molar-refractivity contribution in [2.75, 3.05) is 12.0 Å². The van der Waals surface area contributed by atoms with E-state index in [4.69, 9.17) is 4.74 Å². The summed E-state index contributed by atoms with van der Waals surface area (Å²) >= 11 is 1.69. The van der Waals surface area contributed by atoms with Crippen LogP contribution in [0, 0.1) is 0 Å². The molecule has 16 heavy (non-hydrogen) atoms. The van der Waals surface area contributed by atoms with Gasteiger partial charge in [-0.3, -0.25) is 4.79 Å². The predicted molar refractivity (Wildman–Crippen MR) is 69.5 cm³/mol. The quantitative estimate of drug-likeness (QED) is 0.710. The maximum atomic E-state index is 11.8. The van der Waals surface area contributed by atoms with E-state index >= 15 is 0 Å². The Hall–Kier alpha value is -0.960. The maximum absolute atomic E-state index is 11.8. The van der Waals surface area contributed by atoms with Crippen LogP contribution in [0.25, 0.3) is 0 Å². The van der Waals surface area contributed by atoms with E-state index in [1.165, 1.54) is 0 Å². The number of carbonyl (C=O) groups is 1. The van der Waals surface area contributed by atoms with Gasteiger partial charge in [0.15, 0.2) is 5.78 Å². The van der Waals surface area contributed by atoms with Gasteiger partial charge in [-0.05, 0) is 32.2 Å². The van der Waals surface area contributed by atoms with Gasteiger partial charge in [-0.15, -0.1) is 0 Å². The van der Waals surface area contributed by atoms with Gasteiger partial charge in [0, 0.05) is 17.7 Å². The summed E-state index contributed by atoms with van der Waals surface area (Å²) in [6.45, 7) is 3.95. The lowest BCUT2D eigenvalue weighted by molar-refractivity contribution is 0.0989. The number of ketones is 1. The number of thioether (sulfide) groups is 1. The maximum Gasteiger partial charge on any atom is 0.163 e. The van der Waals surface area contributed by atoms with Crippen LogP contribution in [0.2, 0.25) is 0 Å². The van der Waals surface area contributed by atoms with Gasteiger partial charge in [-0.2, -0.15) is 11.8 Å². The first kappa shape index (κ1) is 13.1. The van der Waals surface area contributed by atoms with Crippen LogP contribution in [-0.4, -0.2) is 23.9 Å². The molecule has 1 rings (SSSR count). The van der Waals surface area contributed by atoms with Gasteiger partial charge in [0.2, 0.25) is 0 Å². The molecule has 0 saturated carbocycles. The minimum atomic E-state index is 0.136. The lowest BCUT2D eigenvalue weighted by Gasteiger charge is -2.10. The van der Waals surface area contributed by atoms with Crippen molar-refractivity contribution in [2.45, 2.75) is 26.4 Å². The molecule has 0 aliphatic rings. The summed E-state index contributed by atoms with van der Waals surface area (Å²) < 4.78 is 5.55. The predicted octanol–water partition coefficient (Wildman–Crippen LogP) is 3.41. The number of hydrogen-bond donors (Lipinski definition) is 0. The summed E-state index contributed by atoms with van der Waals surface area (Å²) in [5, 5.41) is 0. The Morgan fingerprint density at radius 2 is 2.19 bits per heavy atom. The standard InChI is InChI=1S/C13H18O2S/c1-10(2)15-12-6-4-5-11(9-12)13(14)7-8-16-3/h4-6,9-10H,7-8H2,1-3H3. The molecule has 0 saturated heterocycles. The van der Waals surface area contributed by atoms with Crippen LogP contribution in [0.4, 0.5) is 0 Å². The molecule has 2 nitrogen and oxygen atoms in total. The van der Waals surface area contributed by atoms with Crippen molar-refractivity contribution in [3.63, 3.8) is 0 Å². The third-order valence-electron chi connectivity index (χ3n) is 2.06. The van der Waals surface area contributed by atoms with Crippen LogP contribution in [0.15, 0.2) is 24.3 Å². The van der Waals surface area contributed by atoms with Crippen molar-refractivity contribution in [1.29, 1.82) is 0 Å². The molecule has 0 spiro atoms. The Kier molecular flexibility index (Phi) is 5.39. The number of hydrogen-bond acceptors (Lipinski definition) is 3. The Labute approximate surface area is 101 Å². The second-order valence-electron chi connectivity index (χ2n) is 3.86. The average Bonchev–Trinajstić information content (AvgIpc) is 2.25. The van der Waals surface area contributed by atoms with Crippen LogP contribution < -0.4 is 4.74 Å². The van der Waals surface area contributed by atoms with E-state index in [-0.39, 0.29) is 11.9 Å². The van der Waals surface area contributed by atoms with Crippen molar-refractivity contribution in [1.82, 2.24) is 0 Å². The molecular formula is C13H18O2S. The van der Waals surface area contributed by atoms with E-state index in [9.17, 15) is 4.79 Å². The third kappa shape index (κ3) is 4.27. The highest BCUT2D eigenvalue weighted by molar-refractivity contribution is 7.98. The fourth-order valence-electron chi connectivity index (χ4n) is 1.35. The number of rotatable bonds is 6. The van der Waals surface area contributed by atoms with Crippen LogP contribution >= 0.6 is 11.8 Å². The number of Topliss-reactive ketones (excluding diaryl/α,β-unsaturated/α-hetero) is 1. The topological polar surface area (TPSA) is 26.3 Å². The molecule has 3 heteroatoms. The fraction of sp³-hybridized carbons (Fsp3) is 0.462. The average molecular weight is 238 g/mol. The minimum Gasteiger partial charge on any atom is -0.491 e. The first-order chi connectivity index (χ1) is 7.63. The molecule has 0 atom stereocenters. The van der Waals surface area contributed by atoms with Crippen LogP contribution in [0.3, 0.4) is 0 Å². The van der Waals surface area contributed by atoms with Gasteiger partial charge in [-0.25, -0.2) is 0 Å². The zero-order chi connectivity index (χ0) is 12.0. The van der Waals surface area contributed by atoms with Crippen molar-refractivity contribution in [2.24, 2.45) is 0 Å². The Morgan fingerprint density at radius 3 is 2.81 bits per heavy atom. The van der Waals surface area contributed by atoms with Gasteiger partial charge < -0.3 is 4.74 Å². The molecular weight excluding hydrogens is 220 g/mol. The molecule has 0 unspecified atom stereocenters. The first-order valence-electron chi connectivity index (χ1n) is 5.42. The second-order valence-corrected chi connectivity index (χ2v) is 4.85. The van der Waals surface area contributed by atoms with Crippen molar-refractivity contribution in [3.05, 3.63) is 29.8 Å². The van der Waals surface area contributed by atoms with E-state index in [0.29, 0.717) is 6.42 Å². The highest BCUT2D eigenvalue weighted by atomic mass is 32.2. The lowest BCUT2D eigenvalue weighted by atomic mass is 10.1. The van der Waals surface area contributed by atoms with Crippen LogP contribution in [0.5, 0.6) is 5.75 Å². The Bertz CT molecular complexity index is 348. The highest BCUT2D eigenvalue weighted by Crippen LogP contribution is 2.16. The third-order valence-corrected chi connectivity index (χ3v) is 2.67. The largest absolute Gasteiger partial charge is 0.491 e. The normalized spacial score (nSPS) is 10.5. The monoisotopic (exact) mass is 238 g/mol. The number of carbonyl (C=O) groups excluding carboxylic acids is 1. The van der Waals surface area contributed by atoms with Gasteiger partial charge in [0.1, 0.15) is 5.75 Å². The number of ether oxygens (including phenoxy) is 1. The minimum absolute atomic E-state index is 0.136. The summed E-state index contributed by atoms with van der Waals surface area (Å²) in [6.07, 6.45) is 2.73. The van der Waals surface area contributed by atoms with Gasteiger partial charge in [0.05, 0.1) is 6.10 Å². The molecule has 0 aromatic heterocycles. The van der Waals surface area contributed by atoms with E-state index in [1.54, 1.807) is 11.8 Å². The van der Waals surface area contributed by atoms with Crippen molar-refractivity contribution < 1.29 is 9.53 Å². The van der Waals surface area contributed by atoms with Gasteiger partial charge in [0.25, 0.3) is 0 Å². The molecule has 0 fully saturated rings. The summed E-state index contributed by atoms with van der Waals surface area (Å²) in [6, 6.07) is 7.41. The molecule has 1 aromatic carbocycles. The lowest BCUT2D eigenvalue weighted by Crippen LogP contribution is -2.07. The molecule has 88 valence electrons. The summed E-state index contributed by atoms with van der Waals surface area (Å²) in [5.74, 6) is 1.82. The van der Waals surface area contributed by atoms with Crippen LogP contribution in [-0.2, 0) is 0 Å². The molecule has 0 aliphatic carbocycles. The van der Waals surface area contributed by atoms with E-state index in [0.717, 1.165) is 17.1 Å². The van der Waals surface area contributed by atoms with Crippen molar-refractivity contribution >= 4 is 17.5 Å². The smallest absolute Gasteiger partial charge is 0.163 e. The first-order valence-corrected chi connectivity index (χ1v) is 6.81. The second kappa shape index (κ2) is 6.59. The summed E-state index contributed by atoms with van der Waals surface area (Å²) in [4.78, 5) is 11.8. The SMILES string of the molecule is CSCCC(=O)c1cccc(OC(C)C)c1. The molecule has 1 aromatic rings. The molecule has 0 heterocycles.